The van der Waals surface area contributed by atoms with Crippen molar-refractivity contribution in [1.29, 1.82) is 0 Å². The monoisotopic (exact) mass is 490 g/mol. The Morgan fingerprint density at radius 3 is 1.46 bits per heavy atom. The predicted molar refractivity (Wildman–Crippen MR) is 148 cm³/mol. The van der Waals surface area contributed by atoms with E-state index < -0.39 is 0 Å². The van der Waals surface area contributed by atoms with Gasteiger partial charge < -0.3 is 14.2 Å². The normalized spacial score (nSPS) is 13.8. The summed E-state index contributed by atoms with van der Waals surface area (Å²) >= 11 is 0. The van der Waals surface area contributed by atoms with Crippen LogP contribution >= 0.6 is 0 Å². The number of hydrogen-bond acceptors (Lipinski definition) is 4. The quantitative estimate of drug-likeness (QED) is 0.152. The van der Waals surface area contributed by atoms with Gasteiger partial charge in [-0.3, -0.25) is 4.79 Å². The zero-order valence-corrected chi connectivity index (χ0v) is 23.7. The van der Waals surface area contributed by atoms with E-state index in [1.807, 2.05) is 12.1 Å². The van der Waals surface area contributed by atoms with Crippen molar-refractivity contribution >= 4 is 6.29 Å². The molecule has 0 fully saturated rings. The van der Waals surface area contributed by atoms with Crippen molar-refractivity contribution in [3.05, 3.63) is 17.7 Å². The molecular weight excluding hydrogens is 436 g/mol. The van der Waals surface area contributed by atoms with Crippen LogP contribution in [0.5, 0.6) is 17.2 Å². The SMILES string of the molecule is CCCCC(CC)COc1ccc(C=O)c(OCC(CC)CCCC)c1OCC(CC)CCCC. The Morgan fingerprint density at radius 1 is 0.629 bits per heavy atom. The Hall–Kier alpha value is -1.71. The third-order valence-electron chi connectivity index (χ3n) is 7.26. The number of aldehydes is 1. The first kappa shape index (κ1) is 31.3. The molecule has 3 atom stereocenters. The van der Waals surface area contributed by atoms with Crippen LogP contribution in [0, 0.1) is 17.8 Å². The number of carbonyl (C=O) groups is 1. The van der Waals surface area contributed by atoms with Gasteiger partial charge in [-0.25, -0.2) is 0 Å². The lowest BCUT2D eigenvalue weighted by molar-refractivity contribution is 0.111. The first-order chi connectivity index (χ1) is 17.1. The molecule has 1 aromatic carbocycles. The van der Waals surface area contributed by atoms with Gasteiger partial charge in [-0.05, 0) is 49.1 Å². The second-order valence-corrected chi connectivity index (χ2v) is 10.1. The number of benzene rings is 1. The second-order valence-electron chi connectivity index (χ2n) is 10.1. The first-order valence-corrected chi connectivity index (χ1v) is 14.6. The molecule has 1 rings (SSSR count). The molecule has 202 valence electrons. The smallest absolute Gasteiger partial charge is 0.204 e. The van der Waals surface area contributed by atoms with E-state index in [-0.39, 0.29) is 0 Å². The second kappa shape index (κ2) is 19.5. The summed E-state index contributed by atoms with van der Waals surface area (Å²) in [5, 5.41) is 0. The van der Waals surface area contributed by atoms with Crippen molar-refractivity contribution in [2.45, 2.75) is 119 Å². The van der Waals surface area contributed by atoms with Gasteiger partial charge in [0.2, 0.25) is 5.75 Å². The molecule has 3 unspecified atom stereocenters. The zero-order chi connectivity index (χ0) is 25.9. The molecule has 0 aliphatic heterocycles. The van der Waals surface area contributed by atoms with Gasteiger partial charge in [-0.2, -0.15) is 0 Å². The molecule has 0 N–H and O–H groups in total. The predicted octanol–water partition coefficient (Wildman–Crippen LogP) is 9.28. The molecule has 0 saturated carbocycles. The highest BCUT2D eigenvalue weighted by molar-refractivity contribution is 5.82. The van der Waals surface area contributed by atoms with Crippen LogP contribution in [0.4, 0.5) is 0 Å². The Bertz CT molecular complexity index is 672. The molecule has 1 aromatic rings. The number of hydrogen-bond donors (Lipinski definition) is 0. The van der Waals surface area contributed by atoms with Crippen LogP contribution < -0.4 is 14.2 Å². The summed E-state index contributed by atoms with van der Waals surface area (Å²) < 4.78 is 19.2. The molecule has 0 spiro atoms. The molecule has 35 heavy (non-hydrogen) atoms. The molecule has 0 bridgehead atoms. The molecule has 0 amide bonds. The Kier molecular flexibility index (Phi) is 17.4. The van der Waals surface area contributed by atoms with Crippen LogP contribution in [0.3, 0.4) is 0 Å². The third-order valence-corrected chi connectivity index (χ3v) is 7.26. The maximum atomic E-state index is 12.0. The van der Waals surface area contributed by atoms with E-state index in [0.29, 0.717) is 60.4 Å². The summed E-state index contributed by atoms with van der Waals surface area (Å²) in [5.41, 5.74) is 0.539. The third kappa shape index (κ3) is 11.7. The highest BCUT2D eigenvalue weighted by atomic mass is 16.5. The van der Waals surface area contributed by atoms with E-state index in [9.17, 15) is 4.79 Å². The topological polar surface area (TPSA) is 44.8 Å². The highest BCUT2D eigenvalue weighted by Crippen LogP contribution is 2.41. The molecule has 0 saturated heterocycles. The summed E-state index contributed by atoms with van der Waals surface area (Å²) in [5.74, 6) is 3.34. The fraction of sp³-hybridized carbons (Fsp3) is 0.774. The molecule has 0 radical (unpaired) electrons. The summed E-state index contributed by atoms with van der Waals surface area (Å²) in [4.78, 5) is 12.0. The van der Waals surface area contributed by atoms with Crippen molar-refractivity contribution in [3.8, 4) is 17.2 Å². The van der Waals surface area contributed by atoms with Gasteiger partial charge in [0.25, 0.3) is 0 Å². The molecule has 0 heterocycles. The molecular formula is C31H54O4. The fourth-order valence-electron chi connectivity index (χ4n) is 4.36. The van der Waals surface area contributed by atoms with Crippen molar-refractivity contribution in [2.75, 3.05) is 19.8 Å². The molecule has 4 nitrogen and oxygen atoms in total. The van der Waals surface area contributed by atoms with Gasteiger partial charge >= 0.3 is 0 Å². The minimum Gasteiger partial charge on any atom is -0.489 e. The van der Waals surface area contributed by atoms with Gasteiger partial charge in [0.1, 0.15) is 0 Å². The number of unbranched alkanes of at least 4 members (excludes halogenated alkanes) is 3. The maximum absolute atomic E-state index is 12.0. The zero-order valence-electron chi connectivity index (χ0n) is 23.7. The lowest BCUT2D eigenvalue weighted by Gasteiger charge is -2.23. The van der Waals surface area contributed by atoms with Crippen LogP contribution in [-0.4, -0.2) is 26.1 Å². The summed E-state index contributed by atoms with van der Waals surface area (Å²) in [6.07, 6.45) is 14.7. The number of ether oxygens (including phenoxy) is 3. The molecule has 0 aromatic heterocycles. The van der Waals surface area contributed by atoms with Crippen molar-refractivity contribution in [3.63, 3.8) is 0 Å². The van der Waals surface area contributed by atoms with Gasteiger partial charge in [0, 0.05) is 0 Å². The van der Waals surface area contributed by atoms with Crippen LogP contribution in [0.1, 0.15) is 129 Å². The number of rotatable bonds is 22. The van der Waals surface area contributed by atoms with Crippen LogP contribution in [0.2, 0.25) is 0 Å². The Morgan fingerprint density at radius 2 is 1.06 bits per heavy atom. The lowest BCUT2D eigenvalue weighted by atomic mass is 10.00. The van der Waals surface area contributed by atoms with Gasteiger partial charge in [0.15, 0.2) is 17.8 Å². The standard InChI is InChI=1S/C31H54O4/c1-7-13-16-25(10-4)22-33-29-20-19-28(21-32)30(34-23-26(11-5)17-14-8-2)31(29)35-24-27(12-6)18-15-9-3/h19-21,25-27H,7-18,22-24H2,1-6H3. The maximum Gasteiger partial charge on any atom is 0.204 e. The van der Waals surface area contributed by atoms with Crippen molar-refractivity contribution in [2.24, 2.45) is 17.8 Å². The van der Waals surface area contributed by atoms with Crippen LogP contribution in [-0.2, 0) is 0 Å². The highest BCUT2D eigenvalue weighted by Gasteiger charge is 2.21. The van der Waals surface area contributed by atoms with Crippen molar-refractivity contribution in [1.82, 2.24) is 0 Å². The largest absolute Gasteiger partial charge is 0.489 e. The first-order valence-electron chi connectivity index (χ1n) is 14.6. The average Bonchev–Trinajstić information content (AvgIpc) is 2.89. The summed E-state index contributed by atoms with van der Waals surface area (Å²) in [6.45, 7) is 15.2. The van der Waals surface area contributed by atoms with E-state index in [1.165, 1.54) is 44.9 Å². The van der Waals surface area contributed by atoms with Crippen molar-refractivity contribution < 1.29 is 19.0 Å². The van der Waals surface area contributed by atoms with E-state index in [1.54, 1.807) is 0 Å². The lowest BCUT2D eigenvalue weighted by Crippen LogP contribution is -2.17. The minimum atomic E-state index is 0.471. The van der Waals surface area contributed by atoms with E-state index >= 15 is 0 Å². The van der Waals surface area contributed by atoms with Crippen LogP contribution in [0.15, 0.2) is 12.1 Å². The Balaban J connectivity index is 3.18. The molecule has 4 heteroatoms. The Labute approximate surface area is 216 Å². The minimum absolute atomic E-state index is 0.471. The molecule has 0 aliphatic carbocycles. The van der Waals surface area contributed by atoms with E-state index in [4.69, 9.17) is 14.2 Å². The fourth-order valence-corrected chi connectivity index (χ4v) is 4.36. The number of carbonyl (C=O) groups excluding carboxylic acids is 1. The van der Waals surface area contributed by atoms with Gasteiger partial charge in [-0.15, -0.1) is 0 Å². The van der Waals surface area contributed by atoms with E-state index in [2.05, 4.69) is 41.5 Å². The van der Waals surface area contributed by atoms with E-state index in [0.717, 1.165) is 38.4 Å². The van der Waals surface area contributed by atoms with Gasteiger partial charge in [0.05, 0.1) is 25.4 Å². The summed E-state index contributed by atoms with van der Waals surface area (Å²) in [7, 11) is 0. The average molecular weight is 491 g/mol. The molecule has 0 aliphatic rings. The van der Waals surface area contributed by atoms with Gasteiger partial charge in [-0.1, -0.05) is 99.3 Å². The van der Waals surface area contributed by atoms with Crippen LogP contribution in [0.25, 0.3) is 0 Å². The summed E-state index contributed by atoms with van der Waals surface area (Å²) in [6, 6.07) is 3.71.